The molecule has 4 rings (SSSR count). The van der Waals surface area contributed by atoms with E-state index >= 15 is 0 Å². The number of sulfonamides is 1. The Morgan fingerprint density at radius 2 is 1.68 bits per heavy atom. The average Bonchev–Trinajstić information content (AvgIpc) is 3.36. The van der Waals surface area contributed by atoms with Gasteiger partial charge in [-0.3, -0.25) is 14.5 Å². The minimum absolute atomic E-state index is 0.0693. The van der Waals surface area contributed by atoms with Crippen LogP contribution >= 0.6 is 11.3 Å². The van der Waals surface area contributed by atoms with Crippen molar-refractivity contribution < 1.29 is 22.7 Å². The molecule has 1 saturated heterocycles. The smallest absolute Gasteiger partial charge is 0.243 e. The summed E-state index contributed by atoms with van der Waals surface area (Å²) in [6, 6.07) is 19.8. The van der Waals surface area contributed by atoms with E-state index in [1.54, 1.807) is 28.4 Å². The van der Waals surface area contributed by atoms with Gasteiger partial charge >= 0.3 is 0 Å². The van der Waals surface area contributed by atoms with E-state index in [1.807, 2.05) is 49.4 Å². The molecule has 1 aliphatic heterocycles. The minimum Gasteiger partial charge on any atom is -0.379 e. The molecule has 1 N–H and O–H groups in total. The summed E-state index contributed by atoms with van der Waals surface area (Å²) in [6.07, 6.45) is 0. The molecule has 2 amide bonds. The van der Waals surface area contributed by atoms with Gasteiger partial charge in [-0.2, -0.15) is 4.31 Å². The van der Waals surface area contributed by atoms with Gasteiger partial charge in [0, 0.05) is 55.1 Å². The van der Waals surface area contributed by atoms with Gasteiger partial charge in [0.25, 0.3) is 0 Å². The lowest BCUT2D eigenvalue weighted by atomic mass is 10.2. The monoisotopic (exact) mass is 584 g/mol. The highest BCUT2D eigenvalue weighted by Crippen LogP contribution is 2.22. The van der Waals surface area contributed by atoms with Crippen LogP contribution in [0.4, 0.5) is 5.69 Å². The number of thiophene rings is 1. The van der Waals surface area contributed by atoms with Gasteiger partial charge < -0.3 is 15.0 Å². The molecule has 0 aliphatic carbocycles. The fraction of sp³-hybridized carbons (Fsp3) is 0.379. The molecular formula is C29H36N4O5S2. The number of nitrogens with zero attached hydrogens (tertiary/aromatic N) is 3. The maximum absolute atomic E-state index is 13.8. The van der Waals surface area contributed by atoms with Crippen molar-refractivity contribution in [2.24, 2.45) is 0 Å². The Hall–Kier alpha value is -3.09. The third-order valence-corrected chi connectivity index (χ3v) is 9.45. The van der Waals surface area contributed by atoms with Crippen molar-refractivity contribution in [2.45, 2.75) is 31.8 Å². The highest BCUT2D eigenvalue weighted by molar-refractivity contribution is 7.89. The van der Waals surface area contributed by atoms with Crippen molar-refractivity contribution in [2.75, 3.05) is 51.3 Å². The molecule has 0 spiro atoms. The lowest BCUT2D eigenvalue weighted by Crippen LogP contribution is -2.46. The molecule has 0 bridgehead atoms. The van der Waals surface area contributed by atoms with Crippen molar-refractivity contribution >= 4 is 38.9 Å². The first-order valence-corrected chi connectivity index (χ1v) is 15.5. The summed E-state index contributed by atoms with van der Waals surface area (Å²) < 4.78 is 34.4. The van der Waals surface area contributed by atoms with E-state index in [0.717, 1.165) is 15.3 Å². The zero-order chi connectivity index (χ0) is 28.5. The van der Waals surface area contributed by atoms with Crippen LogP contribution in [0.15, 0.2) is 71.6 Å². The number of hydrogen-bond donors (Lipinski definition) is 1. The summed E-state index contributed by atoms with van der Waals surface area (Å²) >= 11 is 1.63. The van der Waals surface area contributed by atoms with Crippen LogP contribution < -0.4 is 5.32 Å². The molecule has 2 heterocycles. The first kappa shape index (κ1) is 29.9. The topological polar surface area (TPSA) is 99.3 Å². The highest BCUT2D eigenvalue weighted by atomic mass is 32.2. The van der Waals surface area contributed by atoms with Gasteiger partial charge in [-0.1, -0.05) is 30.3 Å². The summed E-state index contributed by atoms with van der Waals surface area (Å²) in [7, 11) is -4.00. The molecule has 1 fully saturated rings. The SMILES string of the molecule is CC(=O)Nc1ccc(S(=O)(=O)N(CCN2CCOCC2)CC(=O)N(Cc2ccccc2)Cc2ccc(C)s2)cc1. The van der Waals surface area contributed by atoms with Gasteiger partial charge in [0.1, 0.15) is 0 Å². The minimum atomic E-state index is -4.00. The Kier molecular flexibility index (Phi) is 10.5. The Morgan fingerprint density at radius 3 is 2.30 bits per heavy atom. The number of ether oxygens (including phenoxy) is 1. The van der Waals surface area contributed by atoms with Gasteiger partial charge in [0.2, 0.25) is 21.8 Å². The van der Waals surface area contributed by atoms with Crippen molar-refractivity contribution in [1.29, 1.82) is 0 Å². The van der Waals surface area contributed by atoms with Gasteiger partial charge in [-0.25, -0.2) is 8.42 Å². The second-order valence-corrected chi connectivity index (χ2v) is 13.1. The average molecular weight is 585 g/mol. The molecule has 214 valence electrons. The van der Waals surface area contributed by atoms with Crippen LogP contribution in [0.1, 0.15) is 22.2 Å². The molecule has 0 unspecified atom stereocenters. The maximum Gasteiger partial charge on any atom is 0.243 e. The Labute approximate surface area is 240 Å². The number of anilines is 1. The van der Waals surface area contributed by atoms with Gasteiger partial charge in [-0.05, 0) is 48.9 Å². The van der Waals surface area contributed by atoms with E-state index in [0.29, 0.717) is 51.6 Å². The zero-order valence-electron chi connectivity index (χ0n) is 22.9. The second kappa shape index (κ2) is 14.0. The van der Waals surface area contributed by atoms with Gasteiger partial charge in [-0.15, -0.1) is 11.3 Å². The van der Waals surface area contributed by atoms with E-state index in [1.165, 1.54) is 23.4 Å². The van der Waals surface area contributed by atoms with E-state index in [4.69, 9.17) is 4.74 Å². The van der Waals surface area contributed by atoms with Crippen molar-refractivity contribution in [3.8, 4) is 0 Å². The summed E-state index contributed by atoms with van der Waals surface area (Å²) in [5.74, 6) is -0.511. The molecule has 0 saturated carbocycles. The number of amides is 2. The molecule has 11 heteroatoms. The predicted molar refractivity (Wildman–Crippen MR) is 157 cm³/mol. The third-order valence-electron chi connectivity index (χ3n) is 6.61. The number of benzene rings is 2. The fourth-order valence-corrected chi connectivity index (χ4v) is 6.76. The second-order valence-electron chi connectivity index (χ2n) is 9.75. The van der Waals surface area contributed by atoms with E-state index in [-0.39, 0.29) is 29.8 Å². The molecule has 1 aliphatic rings. The van der Waals surface area contributed by atoms with Crippen LogP contribution in [0.5, 0.6) is 0 Å². The molecule has 0 atom stereocenters. The Bertz CT molecular complexity index is 1370. The molecule has 40 heavy (non-hydrogen) atoms. The van der Waals surface area contributed by atoms with Crippen LogP contribution in [0.2, 0.25) is 0 Å². The normalized spacial score (nSPS) is 14.3. The van der Waals surface area contributed by atoms with E-state index in [2.05, 4.69) is 10.2 Å². The first-order valence-electron chi connectivity index (χ1n) is 13.3. The molecule has 3 aromatic rings. The third kappa shape index (κ3) is 8.45. The predicted octanol–water partition coefficient (Wildman–Crippen LogP) is 3.57. The highest BCUT2D eigenvalue weighted by Gasteiger charge is 2.29. The van der Waals surface area contributed by atoms with Crippen LogP contribution in [0.3, 0.4) is 0 Å². The number of morpholine rings is 1. The number of carbonyl (C=O) groups is 2. The van der Waals surface area contributed by atoms with Crippen molar-refractivity contribution in [1.82, 2.24) is 14.1 Å². The Morgan fingerprint density at radius 1 is 0.975 bits per heavy atom. The van der Waals surface area contributed by atoms with Crippen molar-refractivity contribution in [3.05, 3.63) is 82.0 Å². The first-order chi connectivity index (χ1) is 19.2. The number of rotatable bonds is 12. The van der Waals surface area contributed by atoms with Gasteiger partial charge in [0.05, 0.1) is 31.2 Å². The molecule has 0 radical (unpaired) electrons. The lowest BCUT2D eigenvalue weighted by molar-refractivity contribution is -0.132. The maximum atomic E-state index is 13.8. The largest absolute Gasteiger partial charge is 0.379 e. The van der Waals surface area contributed by atoms with Crippen LogP contribution in [-0.2, 0) is 37.4 Å². The number of nitrogens with one attached hydrogen (secondary N) is 1. The van der Waals surface area contributed by atoms with Crippen molar-refractivity contribution in [3.63, 3.8) is 0 Å². The standard InChI is InChI=1S/C29H36N4O5S2/c1-23-8-11-27(39-23)21-32(20-25-6-4-3-5-7-25)29(35)22-33(15-14-31-16-18-38-19-17-31)40(36,37)28-12-9-26(10-13-28)30-24(2)34/h3-13H,14-22H2,1-2H3,(H,30,34). The summed E-state index contributed by atoms with van der Waals surface area (Å²) in [4.78, 5) is 31.3. The quantitative estimate of drug-likeness (QED) is 0.350. The summed E-state index contributed by atoms with van der Waals surface area (Å²) in [5, 5.41) is 2.65. The summed E-state index contributed by atoms with van der Waals surface area (Å²) in [6.45, 7) is 7.18. The number of aryl methyl sites for hydroxylation is 1. The van der Waals surface area contributed by atoms with Gasteiger partial charge in [0.15, 0.2) is 0 Å². The van der Waals surface area contributed by atoms with Crippen LogP contribution in [-0.4, -0.2) is 80.3 Å². The number of carbonyl (C=O) groups excluding carboxylic acids is 2. The fourth-order valence-electron chi connectivity index (χ4n) is 4.47. The van der Waals surface area contributed by atoms with E-state index < -0.39 is 10.0 Å². The molecular weight excluding hydrogens is 548 g/mol. The zero-order valence-corrected chi connectivity index (χ0v) is 24.5. The lowest BCUT2D eigenvalue weighted by Gasteiger charge is -2.31. The van der Waals surface area contributed by atoms with Crippen LogP contribution in [0.25, 0.3) is 0 Å². The molecule has 9 nitrogen and oxygen atoms in total. The molecule has 1 aromatic heterocycles. The Balaban J connectivity index is 1.58. The summed E-state index contributed by atoms with van der Waals surface area (Å²) in [5.41, 5.74) is 1.48. The van der Waals surface area contributed by atoms with E-state index in [9.17, 15) is 18.0 Å². The van der Waals surface area contributed by atoms with Crippen LogP contribution in [0, 0.1) is 6.92 Å². The molecule has 2 aromatic carbocycles. The number of hydrogen-bond acceptors (Lipinski definition) is 7.